The number of rotatable bonds is 7. The molecule has 8 nitrogen and oxygen atoms in total. The number of thiazole rings is 1. The third-order valence-corrected chi connectivity index (χ3v) is 4.93. The van der Waals surface area contributed by atoms with Crippen molar-refractivity contribution in [2.24, 2.45) is 0 Å². The molecule has 1 aromatic heterocycles. The molecule has 0 radical (unpaired) electrons. The number of ether oxygens (including phenoxy) is 2. The summed E-state index contributed by atoms with van der Waals surface area (Å²) in [6.45, 7) is 1.74. The molecule has 2 N–H and O–H groups in total. The Morgan fingerprint density at radius 1 is 1.26 bits per heavy atom. The van der Waals surface area contributed by atoms with Gasteiger partial charge in [0.1, 0.15) is 6.61 Å². The Hall–Kier alpha value is -2.94. The summed E-state index contributed by atoms with van der Waals surface area (Å²) in [4.78, 5) is 39.9. The zero-order chi connectivity index (χ0) is 19.2. The molecule has 0 saturated carbocycles. The van der Waals surface area contributed by atoms with Crippen LogP contribution in [-0.4, -0.2) is 42.7 Å². The second-order valence-corrected chi connectivity index (χ2v) is 6.84. The minimum Gasteiger partial charge on any atom is -0.463 e. The molecule has 1 aromatic carbocycles. The SMILES string of the molecule is CCOC(=O)C1=C(COC(=O)CCc2nc3ccccc3s2)NC(=O)NC1. The van der Waals surface area contributed by atoms with Crippen molar-refractivity contribution >= 4 is 39.5 Å². The van der Waals surface area contributed by atoms with Gasteiger partial charge in [-0.15, -0.1) is 11.3 Å². The summed E-state index contributed by atoms with van der Waals surface area (Å²) < 4.78 is 11.2. The summed E-state index contributed by atoms with van der Waals surface area (Å²) in [6, 6.07) is 7.32. The molecule has 0 bridgehead atoms. The van der Waals surface area contributed by atoms with Gasteiger partial charge in [-0.3, -0.25) is 4.79 Å². The monoisotopic (exact) mass is 389 g/mol. The van der Waals surface area contributed by atoms with E-state index in [2.05, 4.69) is 15.6 Å². The predicted octanol–water partition coefficient (Wildman–Crippen LogP) is 1.90. The van der Waals surface area contributed by atoms with E-state index in [1.807, 2.05) is 24.3 Å². The number of aromatic nitrogens is 1. The van der Waals surface area contributed by atoms with Gasteiger partial charge >= 0.3 is 18.0 Å². The molecule has 0 spiro atoms. The maximum absolute atomic E-state index is 12.0. The van der Waals surface area contributed by atoms with E-state index in [-0.39, 0.29) is 37.4 Å². The van der Waals surface area contributed by atoms with Crippen molar-refractivity contribution in [2.75, 3.05) is 19.8 Å². The zero-order valence-corrected chi connectivity index (χ0v) is 15.6. The summed E-state index contributed by atoms with van der Waals surface area (Å²) in [6.07, 6.45) is 0.629. The molecule has 1 aliphatic heterocycles. The molecule has 0 atom stereocenters. The van der Waals surface area contributed by atoms with Crippen LogP contribution in [0.25, 0.3) is 10.2 Å². The van der Waals surface area contributed by atoms with Gasteiger partial charge in [-0.25, -0.2) is 14.6 Å². The number of benzene rings is 1. The Labute approximate surface area is 159 Å². The molecule has 0 fully saturated rings. The molecule has 1 aliphatic rings. The number of nitrogens with one attached hydrogen (secondary N) is 2. The van der Waals surface area contributed by atoms with Crippen LogP contribution in [0.2, 0.25) is 0 Å². The molecule has 0 unspecified atom stereocenters. The number of esters is 2. The van der Waals surface area contributed by atoms with Crippen molar-refractivity contribution in [3.63, 3.8) is 0 Å². The van der Waals surface area contributed by atoms with Crippen molar-refractivity contribution in [3.8, 4) is 0 Å². The summed E-state index contributed by atoms with van der Waals surface area (Å²) in [5, 5.41) is 5.84. The predicted molar refractivity (Wildman–Crippen MR) is 99.1 cm³/mol. The number of carbonyl (C=O) groups is 3. The molecule has 2 heterocycles. The first-order valence-electron chi connectivity index (χ1n) is 8.51. The standard InChI is InChI=1S/C18H19N3O5S/c1-2-25-17(23)11-9-19-18(24)21-13(11)10-26-16(22)8-7-15-20-12-5-3-4-6-14(12)27-15/h3-6H,2,7-10H2,1H3,(H2,19,21,24). The number of fused-ring (bicyclic) bond motifs is 1. The third-order valence-electron chi connectivity index (χ3n) is 3.83. The fraction of sp³-hybridized carbons (Fsp3) is 0.333. The van der Waals surface area contributed by atoms with E-state index in [0.29, 0.717) is 6.42 Å². The quantitative estimate of drug-likeness (QED) is 0.701. The molecule has 9 heteroatoms. The van der Waals surface area contributed by atoms with Gasteiger partial charge in [0.2, 0.25) is 0 Å². The lowest BCUT2D eigenvalue weighted by Gasteiger charge is -2.21. The van der Waals surface area contributed by atoms with Crippen molar-refractivity contribution in [1.29, 1.82) is 0 Å². The van der Waals surface area contributed by atoms with Crippen LogP contribution in [0, 0.1) is 0 Å². The summed E-state index contributed by atoms with van der Waals surface area (Å²) in [5.74, 6) is -0.983. The van der Waals surface area contributed by atoms with Gasteiger partial charge in [0, 0.05) is 6.42 Å². The molecule has 142 valence electrons. The molecule has 0 saturated heterocycles. The number of urea groups is 1. The summed E-state index contributed by atoms with van der Waals surface area (Å²) >= 11 is 1.54. The highest BCUT2D eigenvalue weighted by atomic mass is 32.1. The second-order valence-electron chi connectivity index (χ2n) is 5.72. The molecular weight excluding hydrogens is 370 g/mol. The van der Waals surface area contributed by atoms with Crippen LogP contribution >= 0.6 is 11.3 Å². The van der Waals surface area contributed by atoms with Gasteiger partial charge in [0.15, 0.2) is 0 Å². The van der Waals surface area contributed by atoms with E-state index in [1.54, 1.807) is 18.3 Å². The zero-order valence-electron chi connectivity index (χ0n) is 14.7. The third kappa shape index (κ3) is 4.82. The van der Waals surface area contributed by atoms with Gasteiger partial charge in [-0.1, -0.05) is 12.1 Å². The fourth-order valence-corrected chi connectivity index (χ4v) is 3.50. The van der Waals surface area contributed by atoms with Crippen LogP contribution in [0.1, 0.15) is 18.4 Å². The smallest absolute Gasteiger partial charge is 0.337 e. The van der Waals surface area contributed by atoms with Gasteiger partial charge in [0.25, 0.3) is 0 Å². The van der Waals surface area contributed by atoms with Gasteiger partial charge in [-0.05, 0) is 19.1 Å². The van der Waals surface area contributed by atoms with E-state index >= 15 is 0 Å². The second kappa shape index (κ2) is 8.63. The van der Waals surface area contributed by atoms with Crippen molar-refractivity contribution in [1.82, 2.24) is 15.6 Å². The van der Waals surface area contributed by atoms with Gasteiger partial charge in [-0.2, -0.15) is 0 Å². The number of aryl methyl sites for hydroxylation is 1. The Balaban J connectivity index is 1.56. The van der Waals surface area contributed by atoms with E-state index in [0.717, 1.165) is 15.2 Å². The molecule has 0 aliphatic carbocycles. The van der Waals surface area contributed by atoms with Crippen molar-refractivity contribution < 1.29 is 23.9 Å². The Kier molecular flexibility index (Phi) is 6.02. The maximum atomic E-state index is 12.0. The molecule has 2 amide bonds. The maximum Gasteiger partial charge on any atom is 0.337 e. The lowest BCUT2D eigenvalue weighted by atomic mass is 10.1. The number of hydrogen-bond acceptors (Lipinski definition) is 7. The normalized spacial score (nSPS) is 13.9. The first-order chi connectivity index (χ1) is 13.1. The highest BCUT2D eigenvalue weighted by Gasteiger charge is 2.24. The van der Waals surface area contributed by atoms with Gasteiger partial charge in [0.05, 0.1) is 46.1 Å². The molecule has 3 rings (SSSR count). The first-order valence-corrected chi connectivity index (χ1v) is 9.32. The number of carbonyl (C=O) groups excluding carboxylic acids is 3. The number of hydrogen-bond donors (Lipinski definition) is 2. The summed E-state index contributed by atoms with van der Waals surface area (Å²) in [7, 11) is 0. The topological polar surface area (TPSA) is 107 Å². The van der Waals surface area contributed by atoms with Crippen LogP contribution < -0.4 is 10.6 Å². The van der Waals surface area contributed by atoms with E-state index in [4.69, 9.17) is 9.47 Å². The largest absolute Gasteiger partial charge is 0.463 e. The van der Waals surface area contributed by atoms with E-state index < -0.39 is 18.0 Å². The Morgan fingerprint density at radius 3 is 2.85 bits per heavy atom. The first kappa shape index (κ1) is 18.8. The number of para-hydroxylation sites is 1. The molecule has 27 heavy (non-hydrogen) atoms. The van der Waals surface area contributed by atoms with Crippen LogP contribution in [0.5, 0.6) is 0 Å². The lowest BCUT2D eigenvalue weighted by molar-refractivity contribution is -0.143. The van der Waals surface area contributed by atoms with Crippen LogP contribution in [-0.2, 0) is 25.5 Å². The molecular formula is C18H19N3O5S. The lowest BCUT2D eigenvalue weighted by Crippen LogP contribution is -2.45. The Bertz CT molecular complexity index is 872. The summed E-state index contributed by atoms with van der Waals surface area (Å²) in [5.41, 5.74) is 1.40. The minimum absolute atomic E-state index is 0.0310. The number of nitrogens with zero attached hydrogens (tertiary/aromatic N) is 1. The average Bonchev–Trinajstić information content (AvgIpc) is 3.08. The highest BCUT2D eigenvalue weighted by molar-refractivity contribution is 7.18. The number of amides is 2. The van der Waals surface area contributed by atoms with Crippen LogP contribution in [0.15, 0.2) is 35.5 Å². The molecule has 2 aromatic rings. The van der Waals surface area contributed by atoms with Crippen LogP contribution in [0.3, 0.4) is 0 Å². The average molecular weight is 389 g/mol. The minimum atomic E-state index is -0.550. The van der Waals surface area contributed by atoms with E-state index in [9.17, 15) is 14.4 Å². The van der Waals surface area contributed by atoms with Gasteiger partial charge < -0.3 is 20.1 Å². The Morgan fingerprint density at radius 2 is 2.07 bits per heavy atom. The highest BCUT2D eigenvalue weighted by Crippen LogP contribution is 2.22. The van der Waals surface area contributed by atoms with Crippen molar-refractivity contribution in [2.45, 2.75) is 19.8 Å². The fourth-order valence-electron chi connectivity index (χ4n) is 2.53. The van der Waals surface area contributed by atoms with Crippen LogP contribution in [0.4, 0.5) is 4.79 Å². The van der Waals surface area contributed by atoms with E-state index in [1.165, 1.54) is 0 Å². The van der Waals surface area contributed by atoms with Crippen molar-refractivity contribution in [3.05, 3.63) is 40.5 Å².